The normalized spacial score (nSPS) is 10.0. The molecule has 0 bridgehead atoms. The molecule has 1 amide bonds. The highest BCUT2D eigenvalue weighted by atomic mass is 16.3. The van der Waals surface area contributed by atoms with Crippen LogP contribution in [0.4, 0.5) is 0 Å². The average Bonchev–Trinajstić information content (AvgIpc) is 2.38. The first kappa shape index (κ1) is 11.9. The van der Waals surface area contributed by atoms with Crippen molar-refractivity contribution in [1.29, 1.82) is 0 Å². The summed E-state index contributed by atoms with van der Waals surface area (Å²) in [7, 11) is 0. The second-order valence-corrected chi connectivity index (χ2v) is 3.84. The summed E-state index contributed by atoms with van der Waals surface area (Å²) in [6, 6.07) is 11.5. The number of hydrogen-bond donors (Lipinski definition) is 2. The van der Waals surface area contributed by atoms with E-state index in [-0.39, 0.29) is 11.3 Å². The average molecular weight is 241 g/mol. The Morgan fingerprint density at radius 2 is 1.83 bits per heavy atom. The predicted octanol–water partition coefficient (Wildman–Crippen LogP) is 1.97. The molecule has 0 fully saturated rings. The lowest BCUT2D eigenvalue weighted by Gasteiger charge is -2.05. The summed E-state index contributed by atoms with van der Waals surface area (Å²) < 4.78 is 0. The smallest absolute Gasteiger partial charge is 0.248 e. The molecule has 3 N–H and O–H groups in total. The third kappa shape index (κ3) is 2.22. The van der Waals surface area contributed by atoms with Crippen molar-refractivity contribution in [1.82, 2.24) is 0 Å². The topological polar surface area (TPSA) is 80.4 Å². The minimum atomic E-state index is -0.509. The van der Waals surface area contributed by atoms with Crippen LogP contribution in [0.15, 0.2) is 42.5 Å². The molecule has 0 aliphatic rings. The van der Waals surface area contributed by atoms with Crippen LogP contribution in [0, 0.1) is 0 Å². The van der Waals surface area contributed by atoms with E-state index in [1.165, 1.54) is 12.1 Å². The van der Waals surface area contributed by atoms with Gasteiger partial charge in [-0.15, -0.1) is 0 Å². The van der Waals surface area contributed by atoms with Crippen LogP contribution in [0.5, 0.6) is 5.75 Å². The van der Waals surface area contributed by atoms with Gasteiger partial charge in [0, 0.05) is 5.56 Å². The van der Waals surface area contributed by atoms with E-state index in [4.69, 9.17) is 5.73 Å². The highest BCUT2D eigenvalue weighted by Gasteiger charge is 2.06. The summed E-state index contributed by atoms with van der Waals surface area (Å²) in [5, 5.41) is 9.61. The minimum Gasteiger partial charge on any atom is -0.507 e. The number of amides is 1. The van der Waals surface area contributed by atoms with Gasteiger partial charge < -0.3 is 10.8 Å². The summed E-state index contributed by atoms with van der Waals surface area (Å²) in [5.41, 5.74) is 7.28. The third-order valence-corrected chi connectivity index (χ3v) is 2.64. The zero-order chi connectivity index (χ0) is 13.1. The fourth-order valence-corrected chi connectivity index (χ4v) is 1.67. The first-order valence-corrected chi connectivity index (χ1v) is 5.30. The molecule has 0 radical (unpaired) electrons. The number of nitrogens with two attached hydrogens (primary N) is 1. The van der Waals surface area contributed by atoms with Crippen LogP contribution in [0.25, 0.3) is 11.1 Å². The molecule has 0 aliphatic heterocycles. The van der Waals surface area contributed by atoms with Crippen molar-refractivity contribution >= 4 is 12.2 Å². The van der Waals surface area contributed by atoms with E-state index in [2.05, 4.69) is 0 Å². The lowest BCUT2D eigenvalue weighted by molar-refractivity contribution is 0.1000. The van der Waals surface area contributed by atoms with E-state index in [9.17, 15) is 14.7 Å². The Bertz CT molecular complexity index is 620. The predicted molar refractivity (Wildman–Crippen MR) is 67.4 cm³/mol. The number of aromatic hydroxyl groups is 1. The zero-order valence-corrected chi connectivity index (χ0v) is 9.46. The molecule has 0 spiro atoms. The molecule has 2 aromatic rings. The largest absolute Gasteiger partial charge is 0.507 e. The van der Waals surface area contributed by atoms with Gasteiger partial charge in [0.05, 0.1) is 5.56 Å². The van der Waals surface area contributed by atoms with Crippen LogP contribution in [0.1, 0.15) is 20.7 Å². The number of rotatable bonds is 3. The zero-order valence-electron chi connectivity index (χ0n) is 9.46. The molecule has 2 aromatic carbocycles. The van der Waals surface area contributed by atoms with E-state index in [0.29, 0.717) is 17.4 Å². The maximum Gasteiger partial charge on any atom is 0.248 e. The van der Waals surface area contributed by atoms with Crippen molar-refractivity contribution in [2.24, 2.45) is 5.73 Å². The van der Waals surface area contributed by atoms with Gasteiger partial charge in [0.2, 0.25) is 5.91 Å². The molecule has 0 aliphatic carbocycles. The van der Waals surface area contributed by atoms with Gasteiger partial charge in [-0.1, -0.05) is 18.2 Å². The Labute approximate surface area is 104 Å². The van der Waals surface area contributed by atoms with Crippen LogP contribution >= 0.6 is 0 Å². The summed E-state index contributed by atoms with van der Waals surface area (Å²) >= 11 is 0. The number of aldehydes is 1. The fraction of sp³-hybridized carbons (Fsp3) is 0. The SMILES string of the molecule is NC(=O)c1cccc(-c2ccc(C=O)c(O)c2)c1. The van der Waals surface area contributed by atoms with Crippen LogP contribution in [0.2, 0.25) is 0 Å². The second-order valence-electron chi connectivity index (χ2n) is 3.84. The quantitative estimate of drug-likeness (QED) is 0.806. The Balaban J connectivity index is 2.48. The van der Waals surface area contributed by atoms with Gasteiger partial charge in [0.1, 0.15) is 5.75 Å². The van der Waals surface area contributed by atoms with Crippen molar-refractivity contribution in [3.05, 3.63) is 53.6 Å². The van der Waals surface area contributed by atoms with Gasteiger partial charge in [0.25, 0.3) is 0 Å². The van der Waals surface area contributed by atoms with Crippen molar-refractivity contribution in [2.75, 3.05) is 0 Å². The summed E-state index contributed by atoms with van der Waals surface area (Å²) in [6.45, 7) is 0. The van der Waals surface area contributed by atoms with Gasteiger partial charge in [-0.25, -0.2) is 0 Å². The van der Waals surface area contributed by atoms with Crippen molar-refractivity contribution in [2.45, 2.75) is 0 Å². The molecular weight excluding hydrogens is 230 g/mol. The Hall–Kier alpha value is -2.62. The lowest BCUT2D eigenvalue weighted by atomic mass is 10.0. The number of hydrogen-bond acceptors (Lipinski definition) is 3. The van der Waals surface area contributed by atoms with E-state index in [1.807, 2.05) is 0 Å². The van der Waals surface area contributed by atoms with Crippen molar-refractivity contribution in [3.8, 4) is 16.9 Å². The molecule has 0 atom stereocenters. The number of phenols is 1. The Morgan fingerprint density at radius 3 is 2.44 bits per heavy atom. The lowest BCUT2D eigenvalue weighted by Crippen LogP contribution is -2.10. The molecule has 0 heterocycles. The highest BCUT2D eigenvalue weighted by molar-refractivity contribution is 5.94. The van der Waals surface area contributed by atoms with Crippen LogP contribution in [-0.2, 0) is 0 Å². The first-order chi connectivity index (χ1) is 8.61. The summed E-state index contributed by atoms with van der Waals surface area (Å²) in [6.07, 6.45) is 0.582. The Morgan fingerprint density at radius 1 is 1.11 bits per heavy atom. The molecule has 0 saturated heterocycles. The molecule has 0 saturated carbocycles. The molecule has 4 nitrogen and oxygen atoms in total. The van der Waals surface area contributed by atoms with Crippen molar-refractivity contribution < 1.29 is 14.7 Å². The maximum absolute atomic E-state index is 11.1. The van der Waals surface area contributed by atoms with Crippen molar-refractivity contribution in [3.63, 3.8) is 0 Å². The molecule has 18 heavy (non-hydrogen) atoms. The molecular formula is C14H11NO3. The van der Waals surface area contributed by atoms with Gasteiger partial charge in [-0.3, -0.25) is 9.59 Å². The molecule has 90 valence electrons. The first-order valence-electron chi connectivity index (χ1n) is 5.30. The molecule has 2 rings (SSSR count). The van der Waals surface area contributed by atoms with E-state index >= 15 is 0 Å². The minimum absolute atomic E-state index is 0.0908. The molecule has 4 heteroatoms. The number of phenolic OH excluding ortho intramolecular Hbond substituents is 1. The number of benzene rings is 2. The number of carbonyl (C=O) groups excluding carboxylic acids is 2. The summed E-state index contributed by atoms with van der Waals surface area (Å²) in [5.74, 6) is -0.599. The van der Waals surface area contributed by atoms with Crippen LogP contribution in [-0.4, -0.2) is 17.3 Å². The highest BCUT2D eigenvalue weighted by Crippen LogP contribution is 2.26. The van der Waals surface area contributed by atoms with Crippen LogP contribution < -0.4 is 5.73 Å². The van der Waals surface area contributed by atoms with E-state index in [0.717, 1.165) is 5.56 Å². The van der Waals surface area contributed by atoms with Gasteiger partial charge >= 0.3 is 0 Å². The van der Waals surface area contributed by atoms with E-state index < -0.39 is 5.91 Å². The third-order valence-electron chi connectivity index (χ3n) is 2.64. The monoisotopic (exact) mass is 241 g/mol. The van der Waals surface area contributed by atoms with Crippen LogP contribution in [0.3, 0.4) is 0 Å². The second kappa shape index (κ2) is 4.71. The van der Waals surface area contributed by atoms with Gasteiger partial charge in [0.15, 0.2) is 6.29 Å². The van der Waals surface area contributed by atoms with Gasteiger partial charge in [-0.2, -0.15) is 0 Å². The van der Waals surface area contributed by atoms with E-state index in [1.54, 1.807) is 30.3 Å². The fourth-order valence-electron chi connectivity index (χ4n) is 1.67. The standard InChI is InChI=1S/C14H11NO3/c15-14(18)11-3-1-2-9(6-11)10-4-5-12(8-16)13(17)7-10/h1-8,17H,(H2,15,18). The summed E-state index contributed by atoms with van der Waals surface area (Å²) in [4.78, 5) is 21.7. The van der Waals surface area contributed by atoms with Gasteiger partial charge in [-0.05, 0) is 35.4 Å². The number of carbonyl (C=O) groups is 2. The number of primary amides is 1. The Kier molecular flexibility index (Phi) is 3.10. The molecule has 0 aromatic heterocycles. The maximum atomic E-state index is 11.1. The molecule has 0 unspecified atom stereocenters.